The number of cyclic esters (lactones) is 1. The largest absolute Gasteiger partial charge is 0.490 e. The molecule has 0 aromatic heterocycles. The molecule has 5 heteroatoms. The first kappa shape index (κ1) is 20.0. The van der Waals surface area contributed by atoms with Crippen molar-refractivity contribution in [3.05, 3.63) is 81.9 Å². The predicted octanol–water partition coefficient (Wildman–Crippen LogP) is 5.70. The van der Waals surface area contributed by atoms with E-state index >= 15 is 0 Å². The molecule has 0 spiro atoms. The van der Waals surface area contributed by atoms with E-state index in [1.807, 2.05) is 50.2 Å². The van der Waals surface area contributed by atoms with Crippen LogP contribution in [0.25, 0.3) is 11.8 Å². The number of hydrogen-bond donors (Lipinski definition) is 0. The Kier molecular flexibility index (Phi) is 6.37. The number of carbonyl (C=O) groups is 1. The Morgan fingerprint density at radius 3 is 2.61 bits per heavy atom. The van der Waals surface area contributed by atoms with Crippen molar-refractivity contribution in [2.75, 3.05) is 13.2 Å². The van der Waals surface area contributed by atoms with Crippen molar-refractivity contribution in [2.45, 2.75) is 13.8 Å². The third-order valence-corrected chi connectivity index (χ3v) is 4.65. The maximum Gasteiger partial charge on any atom is 0.343 e. The molecule has 2 aromatic carbocycles. The zero-order chi connectivity index (χ0) is 20.1. The summed E-state index contributed by atoms with van der Waals surface area (Å²) in [6, 6.07) is 11.6. The zero-order valence-electron chi connectivity index (χ0n) is 15.8. The zero-order valence-corrected chi connectivity index (χ0v) is 17.4. The van der Waals surface area contributed by atoms with Gasteiger partial charge in [-0.25, -0.2) is 4.79 Å². The second kappa shape index (κ2) is 8.93. The fourth-order valence-electron chi connectivity index (χ4n) is 2.75. The van der Waals surface area contributed by atoms with Gasteiger partial charge in [0.1, 0.15) is 12.4 Å². The normalized spacial score (nSPS) is 14.6. The van der Waals surface area contributed by atoms with Gasteiger partial charge in [0.2, 0.25) is 0 Å². The van der Waals surface area contributed by atoms with Crippen LogP contribution in [0.5, 0.6) is 11.5 Å². The van der Waals surface area contributed by atoms with Crippen LogP contribution < -0.4 is 9.47 Å². The van der Waals surface area contributed by atoms with Gasteiger partial charge in [-0.3, -0.25) is 0 Å². The molecule has 0 fully saturated rings. The van der Waals surface area contributed by atoms with Gasteiger partial charge in [0.25, 0.3) is 0 Å². The molecule has 1 aliphatic heterocycles. The van der Waals surface area contributed by atoms with Crippen LogP contribution in [0, 0.1) is 6.92 Å². The van der Waals surface area contributed by atoms with Crippen molar-refractivity contribution < 1.29 is 19.0 Å². The first-order chi connectivity index (χ1) is 13.5. The van der Waals surface area contributed by atoms with E-state index in [0.717, 1.165) is 21.2 Å². The summed E-state index contributed by atoms with van der Waals surface area (Å²) in [5, 5.41) is 0. The van der Waals surface area contributed by atoms with Crippen LogP contribution in [-0.2, 0) is 9.53 Å². The average Bonchev–Trinajstić information content (AvgIpc) is 3.02. The number of carbonyl (C=O) groups excluding carboxylic acids is 1. The number of hydrogen-bond acceptors (Lipinski definition) is 4. The van der Waals surface area contributed by atoms with Gasteiger partial charge in [0, 0.05) is 5.56 Å². The summed E-state index contributed by atoms with van der Waals surface area (Å²) in [6.45, 7) is 8.45. The van der Waals surface area contributed by atoms with Gasteiger partial charge >= 0.3 is 5.97 Å². The Morgan fingerprint density at radius 2 is 1.93 bits per heavy atom. The SMILES string of the molecule is C=CCOc1c(Br)cc(/C=C2/C=C(c3ccc(C)cc3)OC2=O)cc1OCC. The molecule has 144 valence electrons. The van der Waals surface area contributed by atoms with Gasteiger partial charge < -0.3 is 14.2 Å². The highest BCUT2D eigenvalue weighted by Gasteiger charge is 2.22. The van der Waals surface area contributed by atoms with Crippen molar-refractivity contribution in [3.8, 4) is 11.5 Å². The van der Waals surface area contributed by atoms with E-state index in [2.05, 4.69) is 22.5 Å². The lowest BCUT2D eigenvalue weighted by Crippen LogP contribution is -2.01. The quantitative estimate of drug-likeness (QED) is 0.314. The minimum absolute atomic E-state index is 0.369. The standard InChI is InChI=1S/C23H21BrO4/c1-4-10-27-22-19(24)12-16(13-21(22)26-5-2)11-18-14-20(28-23(18)25)17-8-6-15(3)7-9-17/h4,6-9,11-14H,1,5,10H2,2-3H3/b18-11-. The van der Waals surface area contributed by atoms with Gasteiger partial charge in [-0.15, -0.1) is 0 Å². The molecule has 3 rings (SSSR count). The molecule has 2 aromatic rings. The van der Waals surface area contributed by atoms with Gasteiger partial charge in [0.05, 0.1) is 16.7 Å². The van der Waals surface area contributed by atoms with Gasteiger partial charge in [-0.2, -0.15) is 0 Å². The highest BCUT2D eigenvalue weighted by atomic mass is 79.9. The number of aryl methyl sites for hydroxylation is 1. The summed E-state index contributed by atoms with van der Waals surface area (Å²) in [4.78, 5) is 12.3. The number of benzene rings is 2. The average molecular weight is 441 g/mol. The van der Waals surface area contributed by atoms with E-state index in [9.17, 15) is 4.79 Å². The first-order valence-corrected chi connectivity index (χ1v) is 9.73. The Morgan fingerprint density at radius 1 is 1.18 bits per heavy atom. The van der Waals surface area contributed by atoms with Crippen molar-refractivity contribution in [1.29, 1.82) is 0 Å². The van der Waals surface area contributed by atoms with Crippen LogP contribution in [0.2, 0.25) is 0 Å². The first-order valence-electron chi connectivity index (χ1n) is 8.94. The van der Waals surface area contributed by atoms with Crippen LogP contribution in [-0.4, -0.2) is 19.2 Å². The van der Waals surface area contributed by atoms with Crippen LogP contribution >= 0.6 is 15.9 Å². The summed E-state index contributed by atoms with van der Waals surface area (Å²) < 4.78 is 17.6. The molecule has 0 aliphatic carbocycles. The van der Waals surface area contributed by atoms with Crippen molar-refractivity contribution >= 4 is 33.7 Å². The molecule has 0 radical (unpaired) electrons. The molecule has 0 unspecified atom stereocenters. The second-order valence-corrected chi connectivity index (χ2v) is 7.08. The lowest BCUT2D eigenvalue weighted by Gasteiger charge is -2.13. The molecule has 0 saturated heterocycles. The molecule has 1 aliphatic rings. The maximum atomic E-state index is 12.3. The van der Waals surface area contributed by atoms with Crippen LogP contribution in [0.15, 0.2) is 65.2 Å². The van der Waals surface area contributed by atoms with E-state index in [-0.39, 0.29) is 5.97 Å². The fraction of sp³-hybridized carbons (Fsp3) is 0.174. The summed E-state index contributed by atoms with van der Waals surface area (Å²) in [5.74, 6) is 1.37. The van der Waals surface area contributed by atoms with E-state index in [1.165, 1.54) is 0 Å². The Labute approximate surface area is 173 Å². The van der Waals surface area contributed by atoms with Crippen LogP contribution in [0.3, 0.4) is 0 Å². The van der Waals surface area contributed by atoms with E-state index in [0.29, 0.717) is 36.0 Å². The van der Waals surface area contributed by atoms with Crippen LogP contribution in [0.4, 0.5) is 0 Å². The molecule has 0 N–H and O–H groups in total. The van der Waals surface area contributed by atoms with Crippen molar-refractivity contribution in [3.63, 3.8) is 0 Å². The van der Waals surface area contributed by atoms with Gasteiger partial charge in [-0.05, 0) is 59.6 Å². The number of esters is 1. The third kappa shape index (κ3) is 4.54. The number of halogens is 1. The molecular formula is C23H21BrO4. The molecule has 4 nitrogen and oxygen atoms in total. The highest BCUT2D eigenvalue weighted by molar-refractivity contribution is 9.10. The van der Waals surface area contributed by atoms with E-state index in [4.69, 9.17) is 14.2 Å². The molecule has 0 bridgehead atoms. The van der Waals surface area contributed by atoms with E-state index < -0.39 is 0 Å². The maximum absolute atomic E-state index is 12.3. The number of ether oxygens (including phenoxy) is 3. The Hall–Kier alpha value is -2.79. The predicted molar refractivity (Wildman–Crippen MR) is 114 cm³/mol. The lowest BCUT2D eigenvalue weighted by molar-refractivity contribution is -0.130. The lowest BCUT2D eigenvalue weighted by atomic mass is 10.1. The van der Waals surface area contributed by atoms with Crippen LogP contribution in [0.1, 0.15) is 23.6 Å². The molecule has 28 heavy (non-hydrogen) atoms. The summed E-state index contributed by atoms with van der Waals surface area (Å²) in [7, 11) is 0. The van der Waals surface area contributed by atoms with Gasteiger partial charge in [-0.1, -0.05) is 42.5 Å². The Balaban J connectivity index is 1.94. The van der Waals surface area contributed by atoms with Crippen molar-refractivity contribution in [2.24, 2.45) is 0 Å². The minimum Gasteiger partial charge on any atom is -0.490 e. The molecule has 1 heterocycles. The summed E-state index contributed by atoms with van der Waals surface area (Å²) >= 11 is 3.52. The molecule has 0 atom stereocenters. The smallest absolute Gasteiger partial charge is 0.343 e. The monoisotopic (exact) mass is 440 g/mol. The highest BCUT2D eigenvalue weighted by Crippen LogP contribution is 2.38. The fourth-order valence-corrected chi connectivity index (χ4v) is 3.32. The Bertz CT molecular complexity index is 955. The van der Waals surface area contributed by atoms with Crippen molar-refractivity contribution in [1.82, 2.24) is 0 Å². The summed E-state index contributed by atoms with van der Waals surface area (Å²) in [5.41, 5.74) is 3.29. The summed E-state index contributed by atoms with van der Waals surface area (Å²) in [6.07, 6.45) is 5.20. The third-order valence-electron chi connectivity index (χ3n) is 4.06. The second-order valence-electron chi connectivity index (χ2n) is 6.23. The van der Waals surface area contributed by atoms with Gasteiger partial charge in [0.15, 0.2) is 11.5 Å². The number of rotatable bonds is 7. The molecular weight excluding hydrogens is 420 g/mol. The minimum atomic E-state index is -0.378. The molecule has 0 saturated carbocycles. The topological polar surface area (TPSA) is 44.8 Å². The van der Waals surface area contributed by atoms with E-state index in [1.54, 1.807) is 18.2 Å². The molecule has 0 amide bonds.